The third-order valence-corrected chi connectivity index (χ3v) is 9.44. The van der Waals surface area contributed by atoms with E-state index >= 15 is 0 Å². The summed E-state index contributed by atoms with van der Waals surface area (Å²) in [5.41, 5.74) is -0.560. The van der Waals surface area contributed by atoms with Crippen molar-refractivity contribution in [2.45, 2.75) is 66.2 Å². The molecule has 2 aromatic rings. The number of aromatic nitrogens is 2. The summed E-state index contributed by atoms with van der Waals surface area (Å²) in [7, 11) is 0. The Morgan fingerprint density at radius 1 is 1.07 bits per heavy atom. The van der Waals surface area contributed by atoms with E-state index in [1.165, 1.54) is 0 Å². The van der Waals surface area contributed by atoms with Gasteiger partial charge in [0.2, 0.25) is 0 Å². The van der Waals surface area contributed by atoms with Gasteiger partial charge >= 0.3 is 6.09 Å². The average Bonchev–Trinajstić information content (AvgIpc) is 2.95. The van der Waals surface area contributed by atoms with Gasteiger partial charge in [-0.15, -0.1) is 0 Å². The number of ether oxygens (including phenoxy) is 2. The lowest BCUT2D eigenvalue weighted by Crippen LogP contribution is -2.74. The summed E-state index contributed by atoms with van der Waals surface area (Å²) in [4.78, 5) is 40.9. The lowest BCUT2D eigenvalue weighted by molar-refractivity contribution is -0.164. The van der Waals surface area contributed by atoms with Gasteiger partial charge in [0.1, 0.15) is 35.0 Å². The molecule has 0 atom stereocenters. The predicted octanol–water partition coefficient (Wildman–Crippen LogP) is 4.60. The SMILES string of the molecule is CC(C)(C)OC(=O)N1CCN(CC2CN(c3cnc(C(=O)NC4C(C)(C)C(Oc5ccc(C#N)c(Cl)c5)C4(C)C)cn3)C2)CC1. The number of carbonyl (C=O) groups excluding carboxylic acids is 2. The van der Waals surface area contributed by atoms with Crippen LogP contribution in [-0.2, 0) is 4.74 Å². The average molecular weight is 638 g/mol. The minimum absolute atomic E-state index is 0.167. The molecular formula is C33H44ClN7O4. The summed E-state index contributed by atoms with van der Waals surface area (Å²) < 4.78 is 11.8. The van der Waals surface area contributed by atoms with Gasteiger partial charge in [-0.05, 0) is 32.9 Å². The molecule has 2 amide bonds. The standard InChI is InChI=1S/C33H44ClN7O4/c1-31(2,3)45-30(43)40-12-10-39(11-13-40)18-21-19-41(20-21)26-17-36-25(16-37-26)27(42)38-28-32(4,5)29(33(28,6)7)44-23-9-8-22(15-35)24(34)14-23/h8-9,14,16-17,21,28-29H,10-13,18-20H2,1-7H3,(H,38,42). The summed E-state index contributed by atoms with van der Waals surface area (Å²) in [6.45, 7) is 19.7. The molecule has 0 spiro atoms. The highest BCUT2D eigenvalue weighted by atomic mass is 35.5. The minimum Gasteiger partial charge on any atom is -0.489 e. The van der Waals surface area contributed by atoms with Crippen LogP contribution in [0.2, 0.25) is 5.02 Å². The topological polar surface area (TPSA) is 124 Å². The van der Waals surface area contributed by atoms with Crippen LogP contribution in [0.5, 0.6) is 5.75 Å². The molecule has 1 aromatic carbocycles. The molecule has 12 heteroatoms. The quantitative estimate of drug-likeness (QED) is 0.464. The third-order valence-electron chi connectivity index (χ3n) is 9.12. The smallest absolute Gasteiger partial charge is 0.410 e. The molecule has 3 fully saturated rings. The number of piperazine rings is 1. The molecule has 3 aliphatic rings. The van der Waals surface area contributed by atoms with Crippen molar-refractivity contribution in [2.75, 3.05) is 50.7 Å². The molecule has 1 N–H and O–H groups in total. The van der Waals surface area contributed by atoms with Crippen LogP contribution in [0, 0.1) is 28.1 Å². The molecule has 2 aliphatic heterocycles. The van der Waals surface area contributed by atoms with Crippen molar-refractivity contribution in [3.8, 4) is 11.8 Å². The maximum atomic E-state index is 13.2. The fourth-order valence-electron chi connectivity index (χ4n) is 7.08. The molecule has 1 saturated carbocycles. The van der Waals surface area contributed by atoms with E-state index in [0.717, 1.165) is 38.5 Å². The normalized spacial score (nSPS) is 22.9. The van der Waals surface area contributed by atoms with Crippen LogP contribution < -0.4 is 15.0 Å². The maximum Gasteiger partial charge on any atom is 0.410 e. The van der Waals surface area contributed by atoms with E-state index in [0.29, 0.717) is 35.3 Å². The zero-order valence-corrected chi connectivity index (χ0v) is 28.0. The van der Waals surface area contributed by atoms with E-state index in [1.807, 2.05) is 20.8 Å². The zero-order valence-electron chi connectivity index (χ0n) is 27.3. The Morgan fingerprint density at radius 2 is 1.73 bits per heavy atom. The van der Waals surface area contributed by atoms with Crippen LogP contribution in [0.1, 0.15) is 64.5 Å². The molecule has 242 valence electrons. The molecule has 1 aliphatic carbocycles. The molecule has 0 radical (unpaired) electrons. The lowest BCUT2D eigenvalue weighted by atomic mass is 9.49. The number of amides is 2. The van der Waals surface area contributed by atoms with E-state index in [9.17, 15) is 9.59 Å². The van der Waals surface area contributed by atoms with E-state index in [1.54, 1.807) is 35.5 Å². The van der Waals surface area contributed by atoms with Crippen LogP contribution in [0.4, 0.5) is 10.6 Å². The molecule has 45 heavy (non-hydrogen) atoms. The van der Waals surface area contributed by atoms with Crippen molar-refractivity contribution >= 4 is 29.4 Å². The van der Waals surface area contributed by atoms with E-state index in [2.05, 4.69) is 58.8 Å². The van der Waals surface area contributed by atoms with Crippen molar-refractivity contribution in [3.63, 3.8) is 0 Å². The highest BCUT2D eigenvalue weighted by molar-refractivity contribution is 6.31. The Kier molecular flexibility index (Phi) is 8.95. The first kappa shape index (κ1) is 32.8. The monoisotopic (exact) mass is 637 g/mol. The minimum atomic E-state index is -0.483. The Bertz CT molecular complexity index is 1440. The van der Waals surface area contributed by atoms with E-state index in [4.69, 9.17) is 26.3 Å². The first-order valence-corrected chi connectivity index (χ1v) is 15.9. The fourth-order valence-corrected chi connectivity index (χ4v) is 7.29. The number of hydrogen-bond acceptors (Lipinski definition) is 9. The molecule has 0 bridgehead atoms. The number of nitrogens with zero attached hydrogens (tertiary/aromatic N) is 6. The summed E-state index contributed by atoms with van der Waals surface area (Å²) in [6.07, 6.45) is 2.78. The van der Waals surface area contributed by atoms with Crippen molar-refractivity contribution in [1.29, 1.82) is 5.26 Å². The van der Waals surface area contributed by atoms with E-state index < -0.39 is 5.60 Å². The van der Waals surface area contributed by atoms with Crippen LogP contribution in [0.15, 0.2) is 30.6 Å². The van der Waals surface area contributed by atoms with Gasteiger partial charge in [0.05, 0.1) is 23.0 Å². The number of carbonyl (C=O) groups is 2. The Balaban J connectivity index is 1.08. The van der Waals surface area contributed by atoms with Crippen LogP contribution >= 0.6 is 11.6 Å². The maximum absolute atomic E-state index is 13.2. The Hall–Kier alpha value is -3.62. The first-order valence-electron chi connectivity index (χ1n) is 15.5. The van der Waals surface area contributed by atoms with Crippen molar-refractivity contribution in [3.05, 3.63) is 46.9 Å². The number of hydrogen-bond donors (Lipinski definition) is 1. The van der Waals surface area contributed by atoms with Crippen molar-refractivity contribution in [2.24, 2.45) is 16.7 Å². The predicted molar refractivity (Wildman–Crippen MR) is 171 cm³/mol. The summed E-state index contributed by atoms with van der Waals surface area (Å²) >= 11 is 6.21. The largest absolute Gasteiger partial charge is 0.489 e. The number of rotatable bonds is 7. The first-order chi connectivity index (χ1) is 21.1. The number of benzene rings is 1. The molecule has 0 unspecified atom stereocenters. The summed E-state index contributed by atoms with van der Waals surface area (Å²) in [5.74, 6) is 1.59. The number of nitrogens with one attached hydrogen (secondary N) is 1. The van der Waals surface area contributed by atoms with Gasteiger partial charge in [-0.25, -0.2) is 14.8 Å². The van der Waals surface area contributed by atoms with Gasteiger partial charge in [-0.3, -0.25) is 9.69 Å². The van der Waals surface area contributed by atoms with Gasteiger partial charge in [-0.1, -0.05) is 39.3 Å². The van der Waals surface area contributed by atoms with Gasteiger partial charge in [-0.2, -0.15) is 5.26 Å². The van der Waals surface area contributed by atoms with Gasteiger partial charge in [0.25, 0.3) is 5.91 Å². The van der Waals surface area contributed by atoms with Crippen molar-refractivity contribution < 1.29 is 19.1 Å². The number of halogens is 1. The molecule has 1 aromatic heterocycles. The third kappa shape index (κ3) is 6.97. The molecule has 5 rings (SSSR count). The fraction of sp³-hybridized carbons (Fsp3) is 0.606. The number of anilines is 1. The highest BCUT2D eigenvalue weighted by Crippen LogP contribution is 2.55. The lowest BCUT2D eigenvalue weighted by Gasteiger charge is -2.63. The second-order valence-electron chi connectivity index (χ2n) is 14.6. The van der Waals surface area contributed by atoms with Crippen LogP contribution in [0.25, 0.3) is 0 Å². The van der Waals surface area contributed by atoms with E-state index in [-0.39, 0.29) is 40.7 Å². The van der Waals surface area contributed by atoms with Gasteiger partial charge < -0.3 is 24.6 Å². The van der Waals surface area contributed by atoms with Gasteiger partial charge in [0.15, 0.2) is 0 Å². The van der Waals surface area contributed by atoms with Crippen molar-refractivity contribution in [1.82, 2.24) is 25.1 Å². The second kappa shape index (κ2) is 12.3. The summed E-state index contributed by atoms with van der Waals surface area (Å²) in [5, 5.41) is 12.7. The zero-order chi connectivity index (χ0) is 32.7. The molecule has 11 nitrogen and oxygen atoms in total. The summed E-state index contributed by atoms with van der Waals surface area (Å²) in [6, 6.07) is 6.94. The molecule has 2 saturated heterocycles. The molecule has 3 heterocycles. The van der Waals surface area contributed by atoms with Crippen LogP contribution in [0.3, 0.4) is 0 Å². The Morgan fingerprint density at radius 3 is 2.29 bits per heavy atom. The number of nitriles is 1. The Labute approximate surface area is 270 Å². The highest BCUT2D eigenvalue weighted by Gasteiger charge is 2.64. The second-order valence-corrected chi connectivity index (χ2v) is 15.0. The van der Waals surface area contributed by atoms with Gasteiger partial charge in [0, 0.05) is 74.7 Å². The van der Waals surface area contributed by atoms with Crippen LogP contribution in [-0.4, -0.2) is 95.3 Å². The molecular weight excluding hydrogens is 594 g/mol.